The van der Waals surface area contributed by atoms with Gasteiger partial charge < -0.3 is 24.7 Å². The minimum Gasteiger partial charge on any atom is -0.480 e. The van der Waals surface area contributed by atoms with Crippen molar-refractivity contribution in [1.82, 2.24) is 0 Å². The molecule has 0 aliphatic rings. The Labute approximate surface area is 113 Å². The van der Waals surface area contributed by atoms with E-state index in [0.29, 0.717) is 0 Å². The second-order valence-electron chi connectivity index (χ2n) is 4.12. The Balaban J connectivity index is 5.25. The number of hydrogen-bond acceptors (Lipinski definition) is 6. The van der Waals surface area contributed by atoms with E-state index in [4.69, 9.17) is 25.7 Å². The van der Waals surface area contributed by atoms with Gasteiger partial charge in [0.2, 0.25) is 0 Å². The molecule has 0 fully saturated rings. The Morgan fingerprint density at radius 3 is 2.00 bits per heavy atom. The van der Waals surface area contributed by atoms with Crippen LogP contribution in [0.3, 0.4) is 0 Å². The number of carboxylic acid groups (broad SMARTS) is 2. The fraction of sp³-hybridized carbons (Fsp3) is 0.667. The number of hydrogen-bond donors (Lipinski definition) is 5. The number of nitrogens with two attached hydrogens (primary N) is 1. The molecule has 0 aromatic rings. The molecule has 0 rings (SSSR count). The fourth-order valence-corrected chi connectivity index (χ4v) is 1.97. The summed E-state index contributed by atoms with van der Waals surface area (Å²) >= 11 is 0. The number of esters is 1. The fourth-order valence-electron chi connectivity index (χ4n) is 1.40. The zero-order valence-corrected chi connectivity index (χ0v) is 11.4. The van der Waals surface area contributed by atoms with Gasteiger partial charge in [0.1, 0.15) is 6.23 Å². The van der Waals surface area contributed by atoms with Gasteiger partial charge in [-0.2, -0.15) is 0 Å². The van der Waals surface area contributed by atoms with Gasteiger partial charge >= 0.3 is 25.5 Å². The predicted molar refractivity (Wildman–Crippen MR) is 63.6 cm³/mol. The molecule has 116 valence electrons. The van der Waals surface area contributed by atoms with Gasteiger partial charge in [-0.15, -0.1) is 0 Å². The number of rotatable bonds is 8. The molecule has 6 N–H and O–H groups in total. The second kappa shape index (κ2) is 6.80. The van der Waals surface area contributed by atoms with E-state index in [2.05, 4.69) is 4.74 Å². The minimum atomic E-state index is -4.43. The molecule has 1 unspecified atom stereocenters. The molecule has 0 aromatic carbocycles. The number of carbonyl (C=O) groups excluding carboxylic acids is 1. The molecule has 0 amide bonds. The summed E-state index contributed by atoms with van der Waals surface area (Å²) in [5.74, 6) is -5.55. The van der Waals surface area contributed by atoms with Crippen LogP contribution >= 0.6 is 7.60 Å². The van der Waals surface area contributed by atoms with Crippen molar-refractivity contribution in [1.29, 1.82) is 0 Å². The Morgan fingerprint density at radius 1 is 1.25 bits per heavy atom. The summed E-state index contributed by atoms with van der Waals surface area (Å²) in [7, 11) is -4.43. The largest absolute Gasteiger partial charge is 0.480 e. The number of carbonyl (C=O) groups is 3. The molecule has 0 aromatic heterocycles. The van der Waals surface area contributed by atoms with Gasteiger partial charge in [0.15, 0.2) is 0 Å². The van der Waals surface area contributed by atoms with Crippen LogP contribution in [0.5, 0.6) is 0 Å². The van der Waals surface area contributed by atoms with Gasteiger partial charge in [0.25, 0.3) is 5.41 Å². The van der Waals surface area contributed by atoms with Crippen LogP contribution in [0.2, 0.25) is 0 Å². The maximum Gasteiger partial charge on any atom is 0.336 e. The average Bonchev–Trinajstić information content (AvgIpc) is 2.20. The standard InChI is InChI=1S/C9H16NO9P/c1-5(10)19-8(15)9(6(11)12,7(13)14)3-2-4-20(16,17)18/h5H,2-4,10H2,1H3,(H,11,12)(H,13,14)(H2,16,17,18). The molecule has 11 heteroatoms. The van der Waals surface area contributed by atoms with Crippen LogP contribution in [0.15, 0.2) is 0 Å². The van der Waals surface area contributed by atoms with Crippen molar-refractivity contribution in [2.75, 3.05) is 6.16 Å². The van der Waals surface area contributed by atoms with Crippen LogP contribution < -0.4 is 5.73 Å². The molecule has 0 heterocycles. The highest BCUT2D eigenvalue weighted by Gasteiger charge is 2.55. The first-order chi connectivity index (χ1) is 8.93. The van der Waals surface area contributed by atoms with E-state index < -0.39 is 56.2 Å². The van der Waals surface area contributed by atoms with Crippen LogP contribution in [0.1, 0.15) is 19.8 Å². The first kappa shape index (κ1) is 18.5. The predicted octanol–water partition coefficient (Wildman–Crippen LogP) is -1.05. The van der Waals surface area contributed by atoms with E-state index in [-0.39, 0.29) is 0 Å². The van der Waals surface area contributed by atoms with E-state index in [1.165, 1.54) is 6.92 Å². The molecule has 1 atom stereocenters. The Hall–Kier alpha value is -1.48. The smallest absolute Gasteiger partial charge is 0.336 e. The Bertz CT molecular complexity index is 427. The van der Waals surface area contributed by atoms with Crippen LogP contribution in [0.4, 0.5) is 0 Å². The van der Waals surface area contributed by atoms with Gasteiger partial charge in [0.05, 0.1) is 0 Å². The van der Waals surface area contributed by atoms with Crippen LogP contribution in [-0.2, 0) is 23.7 Å². The van der Waals surface area contributed by atoms with Crippen LogP contribution in [0, 0.1) is 5.41 Å². The summed E-state index contributed by atoms with van der Waals surface area (Å²) < 4.78 is 15.1. The number of carboxylic acids is 2. The van der Waals surface area contributed by atoms with Crippen molar-refractivity contribution in [2.24, 2.45) is 11.1 Å². The lowest BCUT2D eigenvalue weighted by Gasteiger charge is -2.24. The molecule has 0 spiro atoms. The topological polar surface area (TPSA) is 184 Å². The third kappa shape index (κ3) is 4.89. The summed E-state index contributed by atoms with van der Waals surface area (Å²) in [5, 5.41) is 18.0. The van der Waals surface area contributed by atoms with Gasteiger partial charge in [-0.25, -0.2) is 0 Å². The van der Waals surface area contributed by atoms with E-state index in [1.54, 1.807) is 0 Å². The highest BCUT2D eigenvalue weighted by atomic mass is 31.2. The van der Waals surface area contributed by atoms with E-state index in [1.807, 2.05) is 0 Å². The highest BCUT2D eigenvalue weighted by molar-refractivity contribution is 7.51. The molecular weight excluding hydrogens is 297 g/mol. The molecule has 0 bridgehead atoms. The summed E-state index contributed by atoms with van der Waals surface area (Å²) in [6.45, 7) is 1.20. The minimum absolute atomic E-state index is 0.489. The lowest BCUT2D eigenvalue weighted by atomic mass is 9.83. The SMILES string of the molecule is CC(N)OC(=O)C(CCCP(=O)(O)O)(C(=O)O)C(=O)O. The summed E-state index contributed by atoms with van der Waals surface area (Å²) in [6.07, 6.45) is -3.28. The molecule has 0 aliphatic carbocycles. The third-order valence-corrected chi connectivity index (χ3v) is 3.27. The first-order valence-corrected chi connectivity index (χ1v) is 7.21. The monoisotopic (exact) mass is 313 g/mol. The second-order valence-corrected chi connectivity index (χ2v) is 5.89. The van der Waals surface area contributed by atoms with Crippen molar-refractivity contribution in [3.05, 3.63) is 0 Å². The van der Waals surface area contributed by atoms with Gasteiger partial charge in [-0.1, -0.05) is 0 Å². The molecule has 10 nitrogen and oxygen atoms in total. The molecule has 0 aliphatic heterocycles. The third-order valence-electron chi connectivity index (χ3n) is 2.37. The zero-order valence-electron chi connectivity index (χ0n) is 10.6. The van der Waals surface area contributed by atoms with Gasteiger partial charge in [0, 0.05) is 6.16 Å². The van der Waals surface area contributed by atoms with Crippen molar-refractivity contribution >= 4 is 25.5 Å². The average molecular weight is 313 g/mol. The van der Waals surface area contributed by atoms with Crippen LogP contribution in [0.25, 0.3) is 0 Å². The number of ether oxygens (including phenoxy) is 1. The number of aliphatic carboxylic acids is 2. The maximum absolute atomic E-state index is 11.7. The highest BCUT2D eigenvalue weighted by Crippen LogP contribution is 2.38. The molecule has 0 radical (unpaired) electrons. The van der Waals surface area contributed by atoms with Gasteiger partial charge in [-0.05, 0) is 19.8 Å². The van der Waals surface area contributed by atoms with Crippen molar-refractivity contribution in [3.63, 3.8) is 0 Å². The van der Waals surface area contributed by atoms with Gasteiger partial charge in [-0.3, -0.25) is 24.7 Å². The molecule has 0 saturated carbocycles. The lowest BCUT2D eigenvalue weighted by molar-refractivity contribution is -0.181. The van der Waals surface area contributed by atoms with E-state index in [9.17, 15) is 18.9 Å². The lowest BCUT2D eigenvalue weighted by Crippen LogP contribution is -2.49. The van der Waals surface area contributed by atoms with Crippen LogP contribution in [-0.4, -0.2) is 50.3 Å². The molecule has 0 saturated heterocycles. The van der Waals surface area contributed by atoms with Crippen molar-refractivity contribution < 1.29 is 43.7 Å². The molecule has 20 heavy (non-hydrogen) atoms. The Kier molecular flexibility index (Phi) is 6.30. The Morgan fingerprint density at radius 2 is 1.70 bits per heavy atom. The first-order valence-electron chi connectivity index (χ1n) is 5.41. The maximum atomic E-state index is 11.7. The van der Waals surface area contributed by atoms with E-state index in [0.717, 1.165) is 0 Å². The summed E-state index contributed by atoms with van der Waals surface area (Å²) in [6, 6.07) is 0. The normalized spacial score (nSPS) is 13.6. The zero-order chi connectivity index (χ0) is 16.1. The van der Waals surface area contributed by atoms with Crippen molar-refractivity contribution in [2.45, 2.75) is 26.0 Å². The van der Waals surface area contributed by atoms with Crippen molar-refractivity contribution in [3.8, 4) is 0 Å². The quantitative estimate of drug-likeness (QED) is 0.160. The summed E-state index contributed by atoms with van der Waals surface area (Å²) in [5.41, 5.74) is 2.19. The molecular formula is C9H16NO9P. The summed E-state index contributed by atoms with van der Waals surface area (Å²) in [4.78, 5) is 51.2. The van der Waals surface area contributed by atoms with E-state index >= 15 is 0 Å².